The molecular weight excluding hydrogens is 404 g/mol. The van der Waals surface area contributed by atoms with Gasteiger partial charge in [-0.25, -0.2) is 4.79 Å². The average Bonchev–Trinajstić information content (AvgIpc) is 2.77. The third-order valence-electron chi connectivity index (χ3n) is 5.17. The molecule has 0 radical (unpaired) electrons. The topological polar surface area (TPSA) is 107 Å². The van der Waals surface area contributed by atoms with Gasteiger partial charge in [-0.15, -0.1) is 11.8 Å². The van der Waals surface area contributed by atoms with Crippen molar-refractivity contribution in [1.29, 1.82) is 0 Å². The van der Waals surface area contributed by atoms with Crippen molar-refractivity contribution in [3.8, 4) is 0 Å². The van der Waals surface area contributed by atoms with Crippen molar-refractivity contribution < 1.29 is 24.6 Å². The summed E-state index contributed by atoms with van der Waals surface area (Å²) in [4.78, 5) is 38.3. The van der Waals surface area contributed by atoms with Crippen molar-refractivity contribution >= 4 is 29.5 Å². The van der Waals surface area contributed by atoms with Crippen LogP contribution in [0.15, 0.2) is 71.9 Å². The first kappa shape index (κ1) is 20.2. The van der Waals surface area contributed by atoms with Gasteiger partial charge in [0.05, 0.1) is 0 Å². The number of aliphatic hydroxyl groups excluding tert-OH is 1. The predicted molar refractivity (Wildman–Crippen MR) is 111 cm³/mol. The molecule has 1 saturated heterocycles. The fourth-order valence-electron chi connectivity index (χ4n) is 3.68. The molecule has 2 aromatic rings. The summed E-state index contributed by atoms with van der Waals surface area (Å²) in [6.45, 7) is 0. The lowest BCUT2D eigenvalue weighted by atomic mass is 9.98. The molecule has 2 heterocycles. The minimum Gasteiger partial charge on any atom is -0.477 e. The Morgan fingerprint density at radius 1 is 1.10 bits per heavy atom. The first-order valence-electron chi connectivity index (χ1n) is 9.44. The van der Waals surface area contributed by atoms with Crippen molar-refractivity contribution in [2.24, 2.45) is 0 Å². The monoisotopic (exact) mass is 424 g/mol. The van der Waals surface area contributed by atoms with Crippen LogP contribution in [-0.4, -0.2) is 50.1 Å². The Morgan fingerprint density at radius 2 is 1.73 bits per heavy atom. The highest BCUT2D eigenvalue weighted by Crippen LogP contribution is 2.41. The van der Waals surface area contributed by atoms with Gasteiger partial charge in [0.15, 0.2) is 6.10 Å². The van der Waals surface area contributed by atoms with E-state index < -0.39 is 35.3 Å². The molecule has 30 heavy (non-hydrogen) atoms. The van der Waals surface area contributed by atoms with E-state index in [-0.39, 0.29) is 5.70 Å². The van der Waals surface area contributed by atoms with Crippen molar-refractivity contribution in [2.45, 2.75) is 23.9 Å². The van der Waals surface area contributed by atoms with Gasteiger partial charge in [0, 0.05) is 5.75 Å². The summed E-state index contributed by atoms with van der Waals surface area (Å²) >= 11 is 1.41. The zero-order valence-corrected chi connectivity index (χ0v) is 16.7. The van der Waals surface area contributed by atoms with Gasteiger partial charge in [0.25, 0.3) is 11.8 Å². The minimum atomic E-state index is -1.40. The van der Waals surface area contributed by atoms with Gasteiger partial charge in [0.2, 0.25) is 0 Å². The van der Waals surface area contributed by atoms with Gasteiger partial charge in [-0.1, -0.05) is 60.7 Å². The maximum Gasteiger partial charge on any atom is 0.352 e. The number of nitrogens with zero attached hydrogens (tertiary/aromatic N) is 1. The molecule has 8 heteroatoms. The number of benzene rings is 2. The van der Waals surface area contributed by atoms with E-state index >= 15 is 0 Å². The van der Waals surface area contributed by atoms with Crippen LogP contribution in [0.4, 0.5) is 0 Å². The molecule has 2 aliphatic heterocycles. The molecule has 0 bridgehead atoms. The van der Waals surface area contributed by atoms with Crippen LogP contribution in [0.25, 0.3) is 0 Å². The Kier molecular flexibility index (Phi) is 5.61. The molecule has 3 atom stereocenters. The van der Waals surface area contributed by atoms with E-state index in [2.05, 4.69) is 5.32 Å². The number of β-lactam (4-membered cyclic amide) rings is 1. The highest BCUT2D eigenvalue weighted by Gasteiger charge is 2.54. The SMILES string of the molecule is O=C(O)C1=C(Cc2ccccc2)CS[C@@H]2[C@H](NC(=O)[C@H](O)c3ccccc3)C(=O)N12. The molecule has 0 aromatic heterocycles. The largest absolute Gasteiger partial charge is 0.477 e. The van der Waals surface area contributed by atoms with Crippen LogP contribution < -0.4 is 5.32 Å². The molecular formula is C22H20N2O5S. The van der Waals surface area contributed by atoms with Crippen molar-refractivity contribution in [1.82, 2.24) is 10.2 Å². The second kappa shape index (κ2) is 8.33. The average molecular weight is 424 g/mol. The number of carbonyl (C=O) groups is 3. The van der Waals surface area contributed by atoms with Crippen molar-refractivity contribution in [3.63, 3.8) is 0 Å². The third kappa shape index (κ3) is 3.71. The number of nitrogens with one attached hydrogen (secondary N) is 1. The lowest BCUT2D eigenvalue weighted by molar-refractivity contribution is -0.151. The number of carboxylic acids is 1. The third-order valence-corrected chi connectivity index (χ3v) is 6.51. The molecule has 2 aliphatic rings. The fourth-order valence-corrected chi connectivity index (χ4v) is 5.03. The number of rotatable bonds is 6. The Morgan fingerprint density at radius 3 is 2.37 bits per heavy atom. The Bertz CT molecular complexity index is 1010. The van der Waals surface area contributed by atoms with Crippen molar-refractivity contribution in [3.05, 3.63) is 83.1 Å². The first-order valence-corrected chi connectivity index (χ1v) is 10.5. The number of thioether (sulfide) groups is 1. The molecule has 3 N–H and O–H groups in total. The van der Waals surface area contributed by atoms with Crippen LogP contribution in [0, 0.1) is 0 Å². The van der Waals surface area contributed by atoms with Crippen LogP contribution in [0.2, 0.25) is 0 Å². The van der Waals surface area contributed by atoms with Crippen LogP contribution in [0.5, 0.6) is 0 Å². The Balaban J connectivity index is 1.50. The molecule has 0 aliphatic carbocycles. The zero-order chi connectivity index (χ0) is 21.3. The van der Waals surface area contributed by atoms with Crippen LogP contribution >= 0.6 is 11.8 Å². The van der Waals surface area contributed by atoms with Gasteiger partial charge in [-0.3, -0.25) is 14.5 Å². The molecule has 2 amide bonds. The predicted octanol–water partition coefficient (Wildman–Crippen LogP) is 1.70. The van der Waals surface area contributed by atoms with E-state index in [1.54, 1.807) is 30.3 Å². The second-order valence-corrected chi connectivity index (χ2v) is 8.23. The van der Waals surface area contributed by atoms with Gasteiger partial charge < -0.3 is 15.5 Å². The molecule has 1 fully saturated rings. The normalized spacial score (nSPS) is 21.5. The van der Waals surface area contributed by atoms with E-state index in [1.807, 2.05) is 30.3 Å². The molecule has 0 unspecified atom stereocenters. The van der Waals surface area contributed by atoms with Crippen molar-refractivity contribution in [2.75, 3.05) is 5.75 Å². The van der Waals surface area contributed by atoms with Gasteiger partial charge in [-0.05, 0) is 23.1 Å². The van der Waals surface area contributed by atoms with E-state index in [0.717, 1.165) is 5.56 Å². The van der Waals surface area contributed by atoms with Crippen LogP contribution in [0.3, 0.4) is 0 Å². The maximum absolute atomic E-state index is 12.7. The van der Waals surface area contributed by atoms with Gasteiger partial charge >= 0.3 is 5.97 Å². The standard InChI is InChI=1S/C22H20N2O5S/c25-18(14-9-5-2-6-10-14)19(26)23-16-20(27)24-17(22(28)29)15(12-30-21(16)24)11-13-7-3-1-4-8-13/h1-10,16,18,21,25H,11-12H2,(H,23,26)(H,28,29)/t16-,18-,21-/m1/s1. The molecule has 154 valence electrons. The fraction of sp³-hybridized carbons (Fsp3) is 0.227. The summed E-state index contributed by atoms with van der Waals surface area (Å²) in [5, 5.41) is 22.0. The number of aliphatic carboxylic acids is 1. The van der Waals surface area contributed by atoms with E-state index in [9.17, 15) is 24.6 Å². The maximum atomic E-state index is 12.7. The second-order valence-electron chi connectivity index (χ2n) is 7.13. The van der Waals surface area contributed by atoms with E-state index in [1.165, 1.54) is 16.7 Å². The summed E-state index contributed by atoms with van der Waals surface area (Å²) < 4.78 is 0. The number of hydrogen-bond donors (Lipinski definition) is 3. The number of carbonyl (C=O) groups excluding carboxylic acids is 2. The lowest BCUT2D eigenvalue weighted by Gasteiger charge is -2.49. The lowest BCUT2D eigenvalue weighted by Crippen LogP contribution is -2.70. The minimum absolute atomic E-state index is 0.0123. The molecule has 4 rings (SSSR count). The number of fused-ring (bicyclic) bond motifs is 1. The van der Waals surface area contributed by atoms with E-state index in [0.29, 0.717) is 23.3 Å². The smallest absolute Gasteiger partial charge is 0.352 e. The highest BCUT2D eigenvalue weighted by molar-refractivity contribution is 8.00. The Labute approximate surface area is 177 Å². The zero-order valence-electron chi connectivity index (χ0n) is 15.9. The van der Waals surface area contributed by atoms with Gasteiger partial charge in [-0.2, -0.15) is 0 Å². The molecule has 7 nitrogen and oxygen atoms in total. The quantitative estimate of drug-likeness (QED) is 0.610. The van der Waals surface area contributed by atoms with E-state index in [4.69, 9.17) is 0 Å². The summed E-state index contributed by atoms with van der Waals surface area (Å²) in [5.41, 5.74) is 2.04. The Hall–Kier alpha value is -3.10. The number of amides is 2. The summed E-state index contributed by atoms with van der Waals surface area (Å²) in [6.07, 6.45) is -0.958. The highest BCUT2D eigenvalue weighted by atomic mass is 32.2. The number of aliphatic hydroxyl groups is 1. The number of carboxylic acid groups (broad SMARTS) is 1. The molecule has 0 spiro atoms. The number of hydrogen-bond acceptors (Lipinski definition) is 5. The summed E-state index contributed by atoms with van der Waals surface area (Å²) in [6, 6.07) is 17.0. The van der Waals surface area contributed by atoms with Gasteiger partial charge in [0.1, 0.15) is 17.1 Å². The summed E-state index contributed by atoms with van der Waals surface area (Å²) in [5.74, 6) is -1.88. The van der Waals surface area contributed by atoms with Crippen LogP contribution in [-0.2, 0) is 20.8 Å². The molecule has 0 saturated carbocycles. The van der Waals surface area contributed by atoms with Crippen LogP contribution in [0.1, 0.15) is 17.2 Å². The first-order chi connectivity index (χ1) is 14.5. The molecule has 2 aromatic carbocycles. The summed E-state index contributed by atoms with van der Waals surface area (Å²) in [7, 11) is 0.